The number of ether oxygens (including phenoxy) is 1. The molecule has 0 atom stereocenters. The van der Waals surface area contributed by atoms with Gasteiger partial charge in [0, 0.05) is 0 Å². The Kier molecular flexibility index (Phi) is 4.94. The molecule has 21 heavy (non-hydrogen) atoms. The zero-order valence-corrected chi connectivity index (χ0v) is 12.4. The molecule has 0 saturated heterocycles. The maximum absolute atomic E-state index is 11.9. The molecule has 0 aliphatic carbocycles. The lowest BCUT2D eigenvalue weighted by molar-refractivity contribution is 0.340. The summed E-state index contributed by atoms with van der Waals surface area (Å²) in [6.45, 7) is 2.51. The van der Waals surface area contributed by atoms with Crippen LogP contribution in [0.4, 0.5) is 0 Å². The summed E-state index contributed by atoms with van der Waals surface area (Å²) in [6, 6.07) is 15.3. The van der Waals surface area contributed by atoms with Crippen LogP contribution in [-0.4, -0.2) is 21.2 Å². The molecule has 2 aromatic carbocycles. The molecule has 0 spiro atoms. The SMILES string of the molecule is CCOc1ccc(C=NNS(=O)(=O)c2ccccc2)cc1. The van der Waals surface area contributed by atoms with Crippen molar-refractivity contribution in [2.75, 3.05) is 6.61 Å². The Morgan fingerprint density at radius 1 is 1.10 bits per heavy atom. The fourth-order valence-corrected chi connectivity index (χ4v) is 2.45. The van der Waals surface area contributed by atoms with E-state index in [2.05, 4.69) is 9.93 Å². The molecule has 1 N–H and O–H groups in total. The molecular formula is C15H16N2O3S. The second-order valence-electron chi connectivity index (χ2n) is 4.17. The highest BCUT2D eigenvalue weighted by Gasteiger charge is 2.10. The molecule has 0 aliphatic rings. The Morgan fingerprint density at radius 3 is 2.38 bits per heavy atom. The van der Waals surface area contributed by atoms with Gasteiger partial charge in [0.05, 0.1) is 17.7 Å². The van der Waals surface area contributed by atoms with E-state index in [0.717, 1.165) is 11.3 Å². The second kappa shape index (κ2) is 6.90. The van der Waals surface area contributed by atoms with Gasteiger partial charge in [-0.1, -0.05) is 18.2 Å². The highest BCUT2D eigenvalue weighted by Crippen LogP contribution is 2.11. The molecule has 0 bridgehead atoms. The molecule has 2 rings (SSSR count). The largest absolute Gasteiger partial charge is 0.494 e. The van der Waals surface area contributed by atoms with Crippen molar-refractivity contribution in [3.63, 3.8) is 0 Å². The summed E-state index contributed by atoms with van der Waals surface area (Å²) in [6.07, 6.45) is 1.44. The van der Waals surface area contributed by atoms with E-state index in [4.69, 9.17) is 4.74 Å². The molecule has 110 valence electrons. The van der Waals surface area contributed by atoms with Crippen molar-refractivity contribution >= 4 is 16.2 Å². The van der Waals surface area contributed by atoms with Crippen LogP contribution < -0.4 is 9.57 Å². The minimum absolute atomic E-state index is 0.175. The molecular weight excluding hydrogens is 288 g/mol. The Labute approximate surface area is 124 Å². The highest BCUT2D eigenvalue weighted by atomic mass is 32.2. The second-order valence-corrected chi connectivity index (χ2v) is 5.83. The summed E-state index contributed by atoms with van der Waals surface area (Å²) in [5, 5.41) is 3.76. The van der Waals surface area contributed by atoms with Gasteiger partial charge in [-0.25, -0.2) is 4.83 Å². The molecule has 0 amide bonds. The Morgan fingerprint density at radius 2 is 1.76 bits per heavy atom. The fourth-order valence-electron chi connectivity index (χ4n) is 1.64. The van der Waals surface area contributed by atoms with Gasteiger partial charge in [-0.15, -0.1) is 0 Å². The predicted octanol–water partition coefficient (Wildman–Crippen LogP) is 2.40. The molecule has 0 fully saturated rings. The monoisotopic (exact) mass is 304 g/mol. The van der Waals surface area contributed by atoms with Crippen molar-refractivity contribution in [1.82, 2.24) is 4.83 Å². The van der Waals surface area contributed by atoms with Gasteiger partial charge in [-0.2, -0.15) is 13.5 Å². The summed E-state index contributed by atoms with van der Waals surface area (Å²) < 4.78 is 29.2. The molecule has 0 heterocycles. The van der Waals surface area contributed by atoms with Gasteiger partial charge >= 0.3 is 0 Å². The molecule has 5 nitrogen and oxygen atoms in total. The van der Waals surface area contributed by atoms with Crippen LogP contribution >= 0.6 is 0 Å². The zero-order chi connectivity index (χ0) is 15.1. The first kappa shape index (κ1) is 15.1. The lowest BCUT2D eigenvalue weighted by Gasteiger charge is -2.03. The van der Waals surface area contributed by atoms with Crippen LogP contribution in [0.2, 0.25) is 0 Å². The predicted molar refractivity (Wildman–Crippen MR) is 82.0 cm³/mol. The first-order valence-electron chi connectivity index (χ1n) is 6.44. The van der Waals surface area contributed by atoms with E-state index in [1.54, 1.807) is 42.5 Å². The third-order valence-corrected chi connectivity index (χ3v) is 3.87. The minimum atomic E-state index is -3.62. The lowest BCUT2D eigenvalue weighted by Crippen LogP contribution is -2.18. The van der Waals surface area contributed by atoms with Crippen molar-refractivity contribution in [1.29, 1.82) is 0 Å². The number of sulfonamides is 1. The van der Waals surface area contributed by atoms with Crippen LogP contribution in [0.3, 0.4) is 0 Å². The van der Waals surface area contributed by atoms with Gasteiger partial charge in [-0.05, 0) is 48.9 Å². The maximum atomic E-state index is 11.9. The first-order chi connectivity index (χ1) is 10.1. The van der Waals surface area contributed by atoms with Crippen LogP contribution in [0.1, 0.15) is 12.5 Å². The van der Waals surface area contributed by atoms with Gasteiger partial charge in [0.25, 0.3) is 10.0 Å². The molecule has 0 unspecified atom stereocenters. The quantitative estimate of drug-likeness (QED) is 0.658. The normalized spacial score (nSPS) is 11.5. The third kappa shape index (κ3) is 4.32. The van der Waals surface area contributed by atoms with E-state index >= 15 is 0 Å². The third-order valence-electron chi connectivity index (χ3n) is 2.63. The summed E-state index contributed by atoms with van der Waals surface area (Å²) in [4.78, 5) is 2.35. The Hall–Kier alpha value is -2.34. The van der Waals surface area contributed by atoms with E-state index in [0.29, 0.717) is 6.61 Å². The molecule has 6 heteroatoms. The summed E-state index contributed by atoms with van der Waals surface area (Å²) in [7, 11) is -3.62. The number of benzene rings is 2. The minimum Gasteiger partial charge on any atom is -0.494 e. The van der Waals surface area contributed by atoms with Gasteiger partial charge in [0.15, 0.2) is 0 Å². The Bertz CT molecular complexity index is 695. The van der Waals surface area contributed by atoms with E-state index in [1.807, 2.05) is 6.92 Å². The van der Waals surface area contributed by atoms with Crippen LogP contribution in [0.5, 0.6) is 5.75 Å². The number of nitrogens with one attached hydrogen (secondary N) is 1. The van der Waals surface area contributed by atoms with Crippen LogP contribution in [0, 0.1) is 0 Å². The Balaban J connectivity index is 2.02. The average molecular weight is 304 g/mol. The summed E-state index contributed by atoms with van der Waals surface area (Å²) in [5.74, 6) is 0.763. The van der Waals surface area contributed by atoms with Crippen LogP contribution in [0.25, 0.3) is 0 Å². The lowest BCUT2D eigenvalue weighted by atomic mass is 10.2. The molecule has 2 aromatic rings. The molecule has 0 radical (unpaired) electrons. The molecule has 0 aromatic heterocycles. The van der Waals surface area contributed by atoms with E-state index in [9.17, 15) is 8.42 Å². The van der Waals surface area contributed by atoms with Gasteiger partial charge in [0.1, 0.15) is 5.75 Å². The van der Waals surface area contributed by atoms with E-state index in [1.165, 1.54) is 18.3 Å². The summed E-state index contributed by atoms with van der Waals surface area (Å²) in [5.41, 5.74) is 0.772. The van der Waals surface area contributed by atoms with Gasteiger partial charge in [0.2, 0.25) is 0 Å². The van der Waals surface area contributed by atoms with Gasteiger partial charge in [-0.3, -0.25) is 0 Å². The number of nitrogens with zero attached hydrogens (tertiary/aromatic N) is 1. The summed E-state index contributed by atoms with van der Waals surface area (Å²) >= 11 is 0. The van der Waals surface area contributed by atoms with E-state index in [-0.39, 0.29) is 4.90 Å². The smallest absolute Gasteiger partial charge is 0.276 e. The van der Waals surface area contributed by atoms with Gasteiger partial charge < -0.3 is 4.74 Å². The average Bonchev–Trinajstić information content (AvgIpc) is 2.50. The number of hydrogen-bond donors (Lipinski definition) is 1. The highest BCUT2D eigenvalue weighted by molar-refractivity contribution is 7.89. The van der Waals surface area contributed by atoms with Crippen molar-refractivity contribution in [2.45, 2.75) is 11.8 Å². The fraction of sp³-hybridized carbons (Fsp3) is 0.133. The van der Waals surface area contributed by atoms with Crippen molar-refractivity contribution in [3.05, 3.63) is 60.2 Å². The standard InChI is InChI=1S/C15H16N2O3S/c1-2-20-14-10-8-13(9-11-14)12-16-17-21(18,19)15-6-4-3-5-7-15/h3-12,17H,2H2,1H3. The topological polar surface area (TPSA) is 67.8 Å². The number of rotatable bonds is 6. The van der Waals surface area contributed by atoms with E-state index < -0.39 is 10.0 Å². The van der Waals surface area contributed by atoms with Crippen molar-refractivity contribution in [3.8, 4) is 5.75 Å². The van der Waals surface area contributed by atoms with Crippen molar-refractivity contribution in [2.24, 2.45) is 5.10 Å². The van der Waals surface area contributed by atoms with Crippen LogP contribution in [0.15, 0.2) is 64.6 Å². The van der Waals surface area contributed by atoms with Crippen molar-refractivity contribution < 1.29 is 13.2 Å². The number of hydrogen-bond acceptors (Lipinski definition) is 4. The molecule has 0 saturated carbocycles. The maximum Gasteiger partial charge on any atom is 0.276 e. The number of hydrazone groups is 1. The zero-order valence-electron chi connectivity index (χ0n) is 11.6. The first-order valence-corrected chi connectivity index (χ1v) is 7.93. The molecule has 0 aliphatic heterocycles. The van der Waals surface area contributed by atoms with Crippen LogP contribution in [-0.2, 0) is 10.0 Å².